The molecule has 0 amide bonds. The third-order valence-corrected chi connectivity index (χ3v) is 4.85. The Hall–Kier alpha value is -2.47. The lowest BCUT2D eigenvalue weighted by Gasteiger charge is -2.27. The zero-order valence-electron chi connectivity index (χ0n) is 14.5. The monoisotopic (exact) mass is 337 g/mol. The van der Waals surface area contributed by atoms with Crippen LogP contribution in [-0.2, 0) is 13.0 Å². The zero-order chi connectivity index (χ0) is 17.1. The summed E-state index contributed by atoms with van der Waals surface area (Å²) < 4.78 is 7.35. The van der Waals surface area contributed by atoms with Crippen molar-refractivity contribution >= 4 is 0 Å². The number of rotatable bonds is 5. The summed E-state index contributed by atoms with van der Waals surface area (Å²) in [5.41, 5.74) is 2.09. The smallest absolute Gasteiger partial charge is 0.261 e. The maximum atomic E-state index is 5.45. The number of hydrogen-bond acceptors (Lipinski definition) is 5. The van der Waals surface area contributed by atoms with Gasteiger partial charge in [0.15, 0.2) is 5.82 Å². The first kappa shape index (κ1) is 16.0. The highest BCUT2D eigenvalue weighted by molar-refractivity contribution is 5.49. The molecule has 25 heavy (non-hydrogen) atoms. The Morgan fingerprint density at radius 3 is 2.76 bits per heavy atom. The van der Waals surface area contributed by atoms with Gasteiger partial charge in [-0.25, -0.2) is 0 Å². The number of hydrogen-bond donors (Lipinski definition) is 0. The molecule has 1 saturated heterocycles. The highest BCUT2D eigenvalue weighted by atomic mass is 16.5. The Kier molecular flexibility index (Phi) is 4.61. The van der Waals surface area contributed by atoms with E-state index in [4.69, 9.17) is 4.52 Å². The van der Waals surface area contributed by atoms with Crippen LogP contribution in [0.1, 0.15) is 24.2 Å². The van der Waals surface area contributed by atoms with Gasteiger partial charge in [-0.05, 0) is 44.5 Å². The van der Waals surface area contributed by atoms with Crippen LogP contribution in [0.4, 0.5) is 0 Å². The molecule has 1 aliphatic rings. The second-order valence-electron chi connectivity index (χ2n) is 6.88. The molecule has 130 valence electrons. The minimum absolute atomic E-state index is 0.558. The number of piperidine rings is 1. The van der Waals surface area contributed by atoms with E-state index < -0.39 is 0 Å². The van der Waals surface area contributed by atoms with Crippen molar-refractivity contribution in [2.24, 2.45) is 5.92 Å². The predicted molar refractivity (Wildman–Crippen MR) is 95.0 cm³/mol. The van der Waals surface area contributed by atoms with Crippen LogP contribution in [0.25, 0.3) is 11.5 Å². The second-order valence-corrected chi connectivity index (χ2v) is 6.88. The van der Waals surface area contributed by atoms with E-state index in [1.54, 1.807) is 6.20 Å². The molecular weight excluding hydrogens is 314 g/mol. The SMILES string of the molecule is CN1CCC(Cc2noc(-c3cnn(Cc4ccccc4)c3)n2)CC1. The van der Waals surface area contributed by atoms with E-state index in [-0.39, 0.29) is 0 Å². The Labute approximate surface area is 147 Å². The Bertz CT molecular complexity index is 802. The molecule has 0 saturated carbocycles. The van der Waals surface area contributed by atoms with Crippen LogP contribution < -0.4 is 0 Å². The molecule has 0 radical (unpaired) electrons. The molecule has 6 nitrogen and oxygen atoms in total. The van der Waals surface area contributed by atoms with Crippen molar-refractivity contribution in [1.29, 1.82) is 0 Å². The largest absolute Gasteiger partial charge is 0.334 e. The minimum atomic E-state index is 0.558. The summed E-state index contributed by atoms with van der Waals surface area (Å²) in [7, 11) is 2.18. The molecule has 2 aromatic heterocycles. The van der Waals surface area contributed by atoms with Gasteiger partial charge in [0.05, 0.1) is 18.3 Å². The summed E-state index contributed by atoms with van der Waals surface area (Å²) in [6.45, 7) is 3.04. The van der Waals surface area contributed by atoms with E-state index in [2.05, 4.69) is 39.3 Å². The van der Waals surface area contributed by atoms with E-state index in [9.17, 15) is 0 Å². The molecule has 0 bridgehead atoms. The lowest BCUT2D eigenvalue weighted by Crippen LogP contribution is -2.31. The van der Waals surface area contributed by atoms with Crippen LogP contribution in [0.15, 0.2) is 47.2 Å². The molecule has 1 fully saturated rings. The van der Waals surface area contributed by atoms with Gasteiger partial charge in [-0.1, -0.05) is 35.5 Å². The molecule has 3 aromatic rings. The molecule has 1 aliphatic heterocycles. The van der Waals surface area contributed by atoms with Gasteiger partial charge in [0.1, 0.15) is 0 Å². The van der Waals surface area contributed by atoms with Gasteiger partial charge < -0.3 is 9.42 Å². The van der Waals surface area contributed by atoms with Gasteiger partial charge in [0.2, 0.25) is 0 Å². The lowest BCUT2D eigenvalue weighted by atomic mass is 9.94. The molecule has 1 aromatic carbocycles. The van der Waals surface area contributed by atoms with Crippen LogP contribution in [0.2, 0.25) is 0 Å². The van der Waals surface area contributed by atoms with Gasteiger partial charge in [-0.3, -0.25) is 4.68 Å². The molecule has 0 aliphatic carbocycles. The van der Waals surface area contributed by atoms with Crippen molar-refractivity contribution < 1.29 is 4.52 Å². The van der Waals surface area contributed by atoms with Crippen molar-refractivity contribution in [3.63, 3.8) is 0 Å². The summed E-state index contributed by atoms with van der Waals surface area (Å²) >= 11 is 0. The maximum Gasteiger partial charge on any atom is 0.261 e. The quantitative estimate of drug-likeness (QED) is 0.716. The van der Waals surface area contributed by atoms with Crippen LogP contribution in [0, 0.1) is 5.92 Å². The predicted octanol–water partition coefficient (Wildman–Crippen LogP) is 2.87. The molecule has 3 heterocycles. The Morgan fingerprint density at radius 1 is 1.16 bits per heavy atom. The van der Waals surface area contributed by atoms with Gasteiger partial charge in [-0.15, -0.1) is 0 Å². The summed E-state index contributed by atoms with van der Waals surface area (Å²) in [5, 5.41) is 8.57. The number of benzene rings is 1. The molecule has 0 spiro atoms. The number of nitrogens with zero attached hydrogens (tertiary/aromatic N) is 5. The van der Waals surface area contributed by atoms with E-state index in [1.165, 1.54) is 18.4 Å². The van der Waals surface area contributed by atoms with Crippen molar-refractivity contribution in [1.82, 2.24) is 24.8 Å². The fourth-order valence-corrected chi connectivity index (χ4v) is 3.31. The van der Waals surface area contributed by atoms with Crippen molar-refractivity contribution in [3.05, 3.63) is 54.1 Å². The summed E-state index contributed by atoms with van der Waals surface area (Å²) in [6.07, 6.45) is 7.05. The van der Waals surface area contributed by atoms with Crippen molar-refractivity contribution in [3.8, 4) is 11.5 Å². The van der Waals surface area contributed by atoms with Gasteiger partial charge in [-0.2, -0.15) is 10.1 Å². The van der Waals surface area contributed by atoms with Crippen LogP contribution in [0.3, 0.4) is 0 Å². The summed E-state index contributed by atoms with van der Waals surface area (Å²) in [4.78, 5) is 6.94. The normalized spacial score (nSPS) is 16.4. The first-order chi connectivity index (χ1) is 12.3. The Balaban J connectivity index is 1.40. The topological polar surface area (TPSA) is 60.0 Å². The van der Waals surface area contributed by atoms with E-state index in [0.29, 0.717) is 11.8 Å². The highest BCUT2D eigenvalue weighted by Gasteiger charge is 2.20. The molecule has 4 rings (SSSR count). The molecule has 0 unspecified atom stereocenters. The number of aromatic nitrogens is 4. The average molecular weight is 337 g/mol. The third kappa shape index (κ3) is 3.96. The van der Waals surface area contributed by atoms with E-state index in [0.717, 1.165) is 37.4 Å². The zero-order valence-corrected chi connectivity index (χ0v) is 14.5. The van der Waals surface area contributed by atoms with Gasteiger partial charge >= 0.3 is 0 Å². The van der Waals surface area contributed by atoms with Gasteiger partial charge in [0, 0.05) is 12.6 Å². The van der Waals surface area contributed by atoms with Crippen LogP contribution in [0.5, 0.6) is 0 Å². The second kappa shape index (κ2) is 7.19. The molecule has 6 heteroatoms. The third-order valence-electron chi connectivity index (χ3n) is 4.85. The Morgan fingerprint density at radius 2 is 1.96 bits per heavy atom. The first-order valence-corrected chi connectivity index (χ1v) is 8.84. The average Bonchev–Trinajstić information content (AvgIpc) is 3.27. The number of likely N-dealkylation sites (tertiary alicyclic amines) is 1. The minimum Gasteiger partial charge on any atom is -0.334 e. The standard InChI is InChI=1S/C19H23N5O/c1-23-9-7-15(8-10-23)11-18-21-19(25-22-18)17-12-20-24(14-17)13-16-5-3-2-4-6-16/h2-6,12,14-15H,7-11,13H2,1H3. The van der Waals surface area contributed by atoms with Crippen molar-refractivity contribution in [2.75, 3.05) is 20.1 Å². The lowest BCUT2D eigenvalue weighted by molar-refractivity contribution is 0.216. The van der Waals surface area contributed by atoms with E-state index >= 15 is 0 Å². The fourth-order valence-electron chi connectivity index (χ4n) is 3.31. The van der Waals surface area contributed by atoms with Crippen molar-refractivity contribution in [2.45, 2.75) is 25.8 Å². The molecule has 0 N–H and O–H groups in total. The summed E-state index contributed by atoms with van der Waals surface area (Å²) in [6, 6.07) is 10.3. The maximum absolute atomic E-state index is 5.45. The van der Waals surface area contributed by atoms with Gasteiger partial charge in [0.25, 0.3) is 5.89 Å². The summed E-state index contributed by atoms with van der Waals surface area (Å²) in [5.74, 6) is 2.02. The fraction of sp³-hybridized carbons (Fsp3) is 0.421. The van der Waals surface area contributed by atoms with Crippen LogP contribution >= 0.6 is 0 Å². The van der Waals surface area contributed by atoms with Crippen LogP contribution in [-0.4, -0.2) is 45.0 Å². The molecular formula is C19H23N5O. The highest BCUT2D eigenvalue weighted by Crippen LogP contribution is 2.22. The molecule has 0 atom stereocenters. The first-order valence-electron chi connectivity index (χ1n) is 8.84. The van der Waals surface area contributed by atoms with E-state index in [1.807, 2.05) is 29.1 Å².